The Morgan fingerprint density at radius 1 is 1.25 bits per heavy atom. The molecule has 2 amide bonds. The first-order valence-corrected chi connectivity index (χ1v) is 9.55. The first kappa shape index (κ1) is 18.7. The van der Waals surface area contributed by atoms with Crippen LogP contribution in [0.15, 0.2) is 30.3 Å². The molecule has 1 aliphatic heterocycles. The summed E-state index contributed by atoms with van der Waals surface area (Å²) in [5.74, 6) is -0.271. The monoisotopic (exact) mass is 355 g/mol. The fraction of sp³-hybridized carbons (Fsp3) is 0.562. The van der Waals surface area contributed by atoms with E-state index in [1.165, 1.54) is 18.4 Å². The molecule has 7 nitrogen and oxygen atoms in total. The molecule has 2 atom stereocenters. The van der Waals surface area contributed by atoms with Crippen LogP contribution in [0, 0.1) is 5.92 Å². The lowest BCUT2D eigenvalue weighted by Crippen LogP contribution is -2.47. The van der Waals surface area contributed by atoms with Gasteiger partial charge in [0.2, 0.25) is 10.0 Å². The number of benzene rings is 1. The number of ether oxygens (including phenoxy) is 1. The molecule has 0 radical (unpaired) electrons. The predicted octanol–water partition coefficient (Wildman–Crippen LogP) is 0.435. The maximum atomic E-state index is 12.0. The number of nitrogens with zero attached hydrogens (tertiary/aromatic N) is 1. The molecule has 2 N–H and O–H groups in total. The summed E-state index contributed by atoms with van der Waals surface area (Å²) in [7, 11) is -0.314. The Balaban J connectivity index is 1.78. The van der Waals surface area contributed by atoms with Crippen LogP contribution in [-0.2, 0) is 21.2 Å². The largest absolute Gasteiger partial charge is 0.379 e. The van der Waals surface area contributed by atoms with Gasteiger partial charge < -0.3 is 15.4 Å². The van der Waals surface area contributed by atoms with Gasteiger partial charge in [0.15, 0.2) is 0 Å². The van der Waals surface area contributed by atoms with Crippen LogP contribution < -0.4 is 10.6 Å². The van der Waals surface area contributed by atoms with Gasteiger partial charge in [0.05, 0.1) is 25.0 Å². The van der Waals surface area contributed by atoms with Gasteiger partial charge in [0.25, 0.3) is 0 Å². The van der Waals surface area contributed by atoms with E-state index in [9.17, 15) is 13.2 Å². The molecular formula is C16H25N3O4S. The highest BCUT2D eigenvalue weighted by molar-refractivity contribution is 7.89. The van der Waals surface area contributed by atoms with Crippen molar-refractivity contribution in [2.24, 2.45) is 5.92 Å². The average molecular weight is 355 g/mol. The van der Waals surface area contributed by atoms with Gasteiger partial charge in [-0.05, 0) is 12.0 Å². The van der Waals surface area contributed by atoms with Crippen LogP contribution in [0.1, 0.15) is 5.56 Å². The van der Waals surface area contributed by atoms with Crippen LogP contribution in [0.4, 0.5) is 4.79 Å². The highest BCUT2D eigenvalue weighted by Crippen LogP contribution is 2.17. The summed E-state index contributed by atoms with van der Waals surface area (Å²) in [6, 6.07) is 9.29. The minimum absolute atomic E-state index is 0.0328. The van der Waals surface area contributed by atoms with E-state index in [0.29, 0.717) is 19.8 Å². The van der Waals surface area contributed by atoms with Crippen LogP contribution >= 0.6 is 0 Å². The average Bonchev–Trinajstić information content (AvgIpc) is 2.94. The third-order valence-electron chi connectivity index (χ3n) is 4.04. The zero-order valence-electron chi connectivity index (χ0n) is 14.1. The van der Waals surface area contributed by atoms with Gasteiger partial charge in [0, 0.05) is 26.6 Å². The summed E-state index contributed by atoms with van der Waals surface area (Å²) in [5, 5.41) is 5.62. The maximum Gasteiger partial charge on any atom is 0.315 e. The molecule has 0 saturated carbocycles. The first-order chi connectivity index (χ1) is 11.4. The molecule has 0 bridgehead atoms. The summed E-state index contributed by atoms with van der Waals surface area (Å²) < 4.78 is 30.5. The van der Waals surface area contributed by atoms with Gasteiger partial charge in [0.1, 0.15) is 0 Å². The second-order valence-corrected chi connectivity index (χ2v) is 8.33. The normalized spacial score (nSPS) is 21.0. The Bertz CT molecular complexity index is 634. The van der Waals surface area contributed by atoms with Crippen LogP contribution in [0.25, 0.3) is 0 Å². The van der Waals surface area contributed by atoms with E-state index in [4.69, 9.17) is 4.74 Å². The molecule has 1 aliphatic rings. The Morgan fingerprint density at radius 3 is 2.62 bits per heavy atom. The van der Waals surface area contributed by atoms with E-state index in [0.717, 1.165) is 12.0 Å². The third kappa shape index (κ3) is 5.47. The minimum atomic E-state index is -3.32. The fourth-order valence-corrected chi connectivity index (χ4v) is 3.69. The third-order valence-corrected chi connectivity index (χ3v) is 6.00. The van der Waals surface area contributed by atoms with Crippen molar-refractivity contribution in [2.75, 3.05) is 39.6 Å². The molecule has 1 aromatic rings. The maximum absolute atomic E-state index is 12.0. The van der Waals surface area contributed by atoms with Gasteiger partial charge in [-0.3, -0.25) is 0 Å². The lowest BCUT2D eigenvalue weighted by atomic mass is 10.1. The molecule has 8 heteroatoms. The topological polar surface area (TPSA) is 87.7 Å². The molecular weight excluding hydrogens is 330 g/mol. The quantitative estimate of drug-likeness (QED) is 0.743. The van der Waals surface area contributed by atoms with Crippen LogP contribution in [-0.4, -0.2) is 64.4 Å². The van der Waals surface area contributed by atoms with Crippen molar-refractivity contribution in [2.45, 2.75) is 12.5 Å². The van der Waals surface area contributed by atoms with Crippen LogP contribution in [0.2, 0.25) is 0 Å². The molecule has 24 heavy (non-hydrogen) atoms. The number of hydrogen-bond acceptors (Lipinski definition) is 4. The van der Waals surface area contributed by atoms with E-state index in [-0.39, 0.29) is 23.7 Å². The minimum Gasteiger partial charge on any atom is -0.379 e. The summed E-state index contributed by atoms with van der Waals surface area (Å²) in [5.41, 5.74) is 1.15. The Morgan fingerprint density at radius 2 is 1.96 bits per heavy atom. The number of urea groups is 1. The highest BCUT2D eigenvalue weighted by Gasteiger charge is 2.34. The van der Waals surface area contributed by atoms with Crippen molar-refractivity contribution in [3.63, 3.8) is 0 Å². The van der Waals surface area contributed by atoms with Gasteiger partial charge >= 0.3 is 6.03 Å². The molecule has 0 spiro atoms. The van der Waals surface area contributed by atoms with Crippen molar-refractivity contribution >= 4 is 16.1 Å². The lowest BCUT2D eigenvalue weighted by molar-refractivity contribution is 0.183. The molecule has 0 aliphatic carbocycles. The Labute approximate surface area is 143 Å². The number of carbonyl (C=O) groups is 1. The van der Waals surface area contributed by atoms with Crippen molar-refractivity contribution < 1.29 is 17.9 Å². The van der Waals surface area contributed by atoms with Gasteiger partial charge in [-0.2, -0.15) is 0 Å². The second-order valence-electron chi connectivity index (χ2n) is 6.10. The number of amides is 2. The van der Waals surface area contributed by atoms with Gasteiger partial charge in [-0.25, -0.2) is 17.5 Å². The summed E-state index contributed by atoms with van der Waals surface area (Å²) >= 11 is 0. The molecule has 2 rings (SSSR count). The lowest BCUT2D eigenvalue weighted by Gasteiger charge is -2.21. The van der Waals surface area contributed by atoms with Crippen molar-refractivity contribution in [3.05, 3.63) is 35.9 Å². The zero-order chi connectivity index (χ0) is 17.6. The number of carbonyl (C=O) groups excluding carboxylic acids is 1. The van der Waals surface area contributed by atoms with Crippen molar-refractivity contribution in [3.8, 4) is 0 Å². The number of rotatable bonds is 7. The van der Waals surface area contributed by atoms with Gasteiger partial charge in [-0.15, -0.1) is 0 Å². The van der Waals surface area contributed by atoms with E-state index >= 15 is 0 Å². The molecule has 1 heterocycles. The molecule has 1 saturated heterocycles. The SMILES string of the molecule is CN(C)S(=O)(=O)C[C@@H]1COC[C@H]1NC(=O)NCCc1ccccc1. The molecule has 134 valence electrons. The summed E-state index contributed by atoms with van der Waals surface area (Å²) in [4.78, 5) is 12.0. The van der Waals surface area contributed by atoms with E-state index in [1.807, 2.05) is 30.3 Å². The van der Waals surface area contributed by atoms with E-state index in [1.54, 1.807) is 0 Å². The molecule has 0 unspecified atom stereocenters. The fourth-order valence-electron chi connectivity index (χ4n) is 2.53. The summed E-state index contributed by atoms with van der Waals surface area (Å²) in [6.45, 7) is 1.19. The number of sulfonamides is 1. The van der Waals surface area contributed by atoms with Gasteiger partial charge in [-0.1, -0.05) is 30.3 Å². The molecule has 1 aromatic carbocycles. The van der Waals surface area contributed by atoms with Crippen LogP contribution in [0.5, 0.6) is 0 Å². The first-order valence-electron chi connectivity index (χ1n) is 7.95. The standard InChI is InChI=1S/C16H25N3O4S/c1-19(2)24(21,22)12-14-10-23-11-15(14)18-16(20)17-9-8-13-6-4-3-5-7-13/h3-7,14-15H,8-12H2,1-2H3,(H2,17,18,20)/t14-,15+/m0/s1. The molecule has 0 aromatic heterocycles. The highest BCUT2D eigenvalue weighted by atomic mass is 32.2. The predicted molar refractivity (Wildman–Crippen MR) is 92.3 cm³/mol. The smallest absolute Gasteiger partial charge is 0.315 e. The van der Waals surface area contributed by atoms with Crippen molar-refractivity contribution in [1.29, 1.82) is 0 Å². The second kappa shape index (κ2) is 8.46. The Kier molecular flexibility index (Phi) is 6.59. The molecule has 1 fully saturated rings. The van der Waals surface area contributed by atoms with Crippen molar-refractivity contribution in [1.82, 2.24) is 14.9 Å². The number of nitrogens with one attached hydrogen (secondary N) is 2. The van der Waals surface area contributed by atoms with Crippen LogP contribution in [0.3, 0.4) is 0 Å². The zero-order valence-corrected chi connectivity index (χ0v) is 14.9. The number of hydrogen-bond donors (Lipinski definition) is 2. The van der Waals surface area contributed by atoms with E-state index in [2.05, 4.69) is 10.6 Å². The Hall–Kier alpha value is -1.64. The van der Waals surface area contributed by atoms with E-state index < -0.39 is 10.0 Å². The summed E-state index contributed by atoms with van der Waals surface area (Å²) in [6.07, 6.45) is 0.744.